The lowest BCUT2D eigenvalue weighted by molar-refractivity contribution is 0.134. The van der Waals surface area contributed by atoms with Crippen molar-refractivity contribution in [2.75, 3.05) is 18.1 Å². The van der Waals surface area contributed by atoms with Crippen molar-refractivity contribution in [2.45, 2.75) is 39.8 Å². The van der Waals surface area contributed by atoms with Crippen LogP contribution in [0.1, 0.15) is 27.7 Å². The van der Waals surface area contributed by atoms with Crippen molar-refractivity contribution < 1.29 is 8.42 Å². The summed E-state index contributed by atoms with van der Waals surface area (Å²) in [4.78, 5) is 2.31. The van der Waals surface area contributed by atoms with E-state index >= 15 is 0 Å². The Labute approximate surface area is 87.4 Å². The molecule has 0 saturated carbocycles. The van der Waals surface area contributed by atoms with Crippen LogP contribution < -0.4 is 0 Å². The highest BCUT2D eigenvalue weighted by Crippen LogP contribution is 2.20. The molecule has 0 N–H and O–H groups in total. The highest BCUT2D eigenvalue weighted by Gasteiger charge is 2.33. The molecule has 84 valence electrons. The molecule has 14 heavy (non-hydrogen) atoms. The van der Waals surface area contributed by atoms with Gasteiger partial charge in [-0.15, -0.1) is 0 Å². The van der Waals surface area contributed by atoms with Crippen molar-refractivity contribution in [1.82, 2.24) is 4.90 Å². The molecular weight excluding hydrogens is 198 g/mol. The second kappa shape index (κ2) is 4.19. The SMILES string of the molecule is CC(C)C1CS(=O)(=O)CCN1C(C)C. The fourth-order valence-corrected chi connectivity index (χ4v) is 3.82. The summed E-state index contributed by atoms with van der Waals surface area (Å²) < 4.78 is 23.0. The Hall–Kier alpha value is -0.0900. The lowest BCUT2D eigenvalue weighted by Crippen LogP contribution is -2.53. The molecule has 0 aliphatic carbocycles. The van der Waals surface area contributed by atoms with E-state index in [0.29, 0.717) is 30.0 Å². The molecule has 0 radical (unpaired) electrons. The Kier molecular flexibility index (Phi) is 3.58. The Morgan fingerprint density at radius 1 is 1.21 bits per heavy atom. The molecule has 1 fully saturated rings. The van der Waals surface area contributed by atoms with E-state index < -0.39 is 9.84 Å². The van der Waals surface area contributed by atoms with Gasteiger partial charge in [-0.05, 0) is 19.8 Å². The summed E-state index contributed by atoms with van der Waals surface area (Å²) in [5.74, 6) is 1.07. The molecular formula is C10H21NO2S. The minimum atomic E-state index is -2.79. The molecule has 0 aromatic heterocycles. The summed E-state index contributed by atoms with van der Waals surface area (Å²) in [6, 6.07) is 0.645. The monoisotopic (exact) mass is 219 g/mol. The Morgan fingerprint density at radius 3 is 2.21 bits per heavy atom. The molecule has 4 heteroatoms. The maximum absolute atomic E-state index is 11.5. The van der Waals surface area contributed by atoms with Crippen molar-refractivity contribution in [2.24, 2.45) is 5.92 Å². The van der Waals surface area contributed by atoms with E-state index in [2.05, 4.69) is 32.6 Å². The van der Waals surface area contributed by atoms with Crippen LogP contribution in [0.25, 0.3) is 0 Å². The normalized spacial score (nSPS) is 28.6. The van der Waals surface area contributed by atoms with Gasteiger partial charge in [-0.3, -0.25) is 4.90 Å². The molecule has 0 aromatic carbocycles. The minimum Gasteiger partial charge on any atom is -0.296 e. The van der Waals surface area contributed by atoms with Gasteiger partial charge in [-0.2, -0.15) is 0 Å². The number of nitrogens with zero attached hydrogens (tertiary/aromatic N) is 1. The van der Waals surface area contributed by atoms with Gasteiger partial charge >= 0.3 is 0 Å². The second-order valence-corrected chi connectivity index (χ2v) is 6.99. The van der Waals surface area contributed by atoms with Gasteiger partial charge in [-0.25, -0.2) is 8.42 Å². The average Bonchev–Trinajstić information content (AvgIpc) is 2.01. The fourth-order valence-electron chi connectivity index (χ4n) is 2.07. The van der Waals surface area contributed by atoms with E-state index in [1.165, 1.54) is 0 Å². The van der Waals surface area contributed by atoms with Gasteiger partial charge in [0.25, 0.3) is 0 Å². The quantitative estimate of drug-likeness (QED) is 0.699. The Balaban J connectivity index is 2.81. The predicted octanol–water partition coefficient (Wildman–Crippen LogP) is 1.15. The van der Waals surface area contributed by atoms with Crippen LogP contribution in [-0.2, 0) is 9.84 Å². The van der Waals surface area contributed by atoms with Crippen molar-refractivity contribution in [3.63, 3.8) is 0 Å². The van der Waals surface area contributed by atoms with Crippen LogP contribution in [-0.4, -0.2) is 43.5 Å². The average molecular weight is 219 g/mol. The zero-order chi connectivity index (χ0) is 10.9. The van der Waals surface area contributed by atoms with Crippen LogP contribution in [0.15, 0.2) is 0 Å². The van der Waals surface area contributed by atoms with Crippen molar-refractivity contribution in [3.05, 3.63) is 0 Å². The number of rotatable bonds is 2. The standard InChI is InChI=1S/C10H21NO2S/c1-8(2)10-7-14(12,13)6-5-11(10)9(3)4/h8-10H,5-7H2,1-4H3. The largest absolute Gasteiger partial charge is 0.296 e. The second-order valence-electron chi connectivity index (χ2n) is 4.76. The van der Waals surface area contributed by atoms with Crippen LogP contribution in [0.3, 0.4) is 0 Å². The van der Waals surface area contributed by atoms with Crippen LogP contribution in [0.5, 0.6) is 0 Å². The van der Waals surface area contributed by atoms with E-state index in [1.807, 2.05) is 0 Å². The molecule has 3 nitrogen and oxygen atoms in total. The summed E-state index contributed by atoms with van der Waals surface area (Å²) in [5.41, 5.74) is 0. The van der Waals surface area contributed by atoms with Gasteiger partial charge in [-0.1, -0.05) is 13.8 Å². The first-order valence-corrected chi connectivity index (χ1v) is 7.12. The molecule has 0 spiro atoms. The van der Waals surface area contributed by atoms with Gasteiger partial charge in [0.2, 0.25) is 0 Å². The van der Waals surface area contributed by atoms with E-state index in [-0.39, 0.29) is 6.04 Å². The summed E-state index contributed by atoms with van der Waals surface area (Å²) in [7, 11) is -2.79. The molecule has 1 heterocycles. The lowest BCUT2D eigenvalue weighted by atomic mass is 10.0. The van der Waals surface area contributed by atoms with Gasteiger partial charge < -0.3 is 0 Å². The maximum atomic E-state index is 11.5. The molecule has 0 amide bonds. The van der Waals surface area contributed by atoms with Gasteiger partial charge in [0, 0.05) is 18.6 Å². The zero-order valence-electron chi connectivity index (χ0n) is 9.53. The predicted molar refractivity (Wildman–Crippen MR) is 59.1 cm³/mol. The minimum absolute atomic E-state index is 0.203. The molecule has 0 aromatic rings. The van der Waals surface area contributed by atoms with Gasteiger partial charge in [0.05, 0.1) is 11.5 Å². The van der Waals surface area contributed by atoms with Crippen LogP contribution in [0, 0.1) is 5.92 Å². The first kappa shape index (κ1) is 12.0. The summed E-state index contributed by atoms with van der Waals surface area (Å²) >= 11 is 0. The zero-order valence-corrected chi connectivity index (χ0v) is 10.3. The first-order chi connectivity index (χ1) is 6.33. The van der Waals surface area contributed by atoms with Crippen molar-refractivity contribution in [3.8, 4) is 0 Å². The summed E-state index contributed by atoms with van der Waals surface area (Å²) in [6.45, 7) is 9.16. The van der Waals surface area contributed by atoms with Crippen LogP contribution in [0.4, 0.5) is 0 Å². The van der Waals surface area contributed by atoms with Crippen LogP contribution in [0.2, 0.25) is 0 Å². The molecule has 1 atom stereocenters. The molecule has 1 aliphatic rings. The molecule has 0 bridgehead atoms. The highest BCUT2D eigenvalue weighted by atomic mass is 32.2. The van der Waals surface area contributed by atoms with Gasteiger partial charge in [0.1, 0.15) is 0 Å². The summed E-state index contributed by atoms with van der Waals surface area (Å²) in [5, 5.41) is 0. The molecule has 1 rings (SSSR count). The van der Waals surface area contributed by atoms with E-state index in [4.69, 9.17) is 0 Å². The first-order valence-electron chi connectivity index (χ1n) is 5.29. The molecule has 1 aliphatic heterocycles. The number of hydrogen-bond donors (Lipinski definition) is 0. The van der Waals surface area contributed by atoms with Crippen LogP contribution >= 0.6 is 0 Å². The smallest absolute Gasteiger partial charge is 0.153 e. The Morgan fingerprint density at radius 2 is 1.79 bits per heavy atom. The lowest BCUT2D eigenvalue weighted by Gasteiger charge is -2.40. The van der Waals surface area contributed by atoms with Crippen molar-refractivity contribution in [1.29, 1.82) is 0 Å². The third-order valence-corrected chi connectivity index (χ3v) is 4.60. The van der Waals surface area contributed by atoms with E-state index in [9.17, 15) is 8.42 Å². The van der Waals surface area contributed by atoms with E-state index in [1.54, 1.807) is 0 Å². The van der Waals surface area contributed by atoms with Gasteiger partial charge in [0.15, 0.2) is 9.84 Å². The summed E-state index contributed by atoms with van der Waals surface area (Å²) in [6.07, 6.45) is 0. The van der Waals surface area contributed by atoms with Crippen molar-refractivity contribution >= 4 is 9.84 Å². The molecule has 1 saturated heterocycles. The fraction of sp³-hybridized carbons (Fsp3) is 1.00. The number of sulfone groups is 1. The third-order valence-electron chi connectivity index (χ3n) is 2.94. The highest BCUT2D eigenvalue weighted by molar-refractivity contribution is 7.91. The maximum Gasteiger partial charge on any atom is 0.153 e. The Bertz CT molecular complexity index is 282. The van der Waals surface area contributed by atoms with E-state index in [0.717, 1.165) is 0 Å². The molecule has 1 unspecified atom stereocenters. The third kappa shape index (κ3) is 2.70. The topological polar surface area (TPSA) is 37.4 Å². The number of hydrogen-bond acceptors (Lipinski definition) is 3.